The van der Waals surface area contributed by atoms with E-state index in [2.05, 4.69) is 9.97 Å². The number of hydrogen-bond donors (Lipinski definition) is 0. The number of nitrogens with zero attached hydrogens (tertiary/aromatic N) is 3. The number of rotatable bonds is 4. The zero-order chi connectivity index (χ0) is 18.0. The molecular weight excluding hydrogens is 334 g/mol. The van der Waals surface area contributed by atoms with Crippen molar-refractivity contribution < 1.29 is 8.42 Å². The fourth-order valence-corrected chi connectivity index (χ4v) is 3.07. The van der Waals surface area contributed by atoms with Gasteiger partial charge in [-0.2, -0.15) is 0 Å². The van der Waals surface area contributed by atoms with Crippen molar-refractivity contribution in [2.75, 3.05) is 25.3 Å². The average Bonchev–Trinajstić information content (AvgIpc) is 2.61. The summed E-state index contributed by atoms with van der Waals surface area (Å²) in [4.78, 5) is 11.2. The van der Waals surface area contributed by atoms with Crippen LogP contribution in [0.3, 0.4) is 0 Å². The lowest BCUT2D eigenvalue weighted by Gasteiger charge is -2.12. The van der Waals surface area contributed by atoms with Crippen LogP contribution in [0, 0.1) is 0 Å². The molecule has 0 bridgehead atoms. The lowest BCUT2D eigenvalue weighted by Crippen LogP contribution is -2.07. The van der Waals surface area contributed by atoms with E-state index in [-0.39, 0.29) is 4.90 Å². The van der Waals surface area contributed by atoms with E-state index in [1.165, 1.54) is 6.26 Å². The minimum atomic E-state index is -3.21. The Morgan fingerprint density at radius 2 is 1.44 bits per heavy atom. The Balaban J connectivity index is 1.94. The van der Waals surface area contributed by atoms with E-state index < -0.39 is 9.84 Å². The Morgan fingerprint density at radius 3 is 2.00 bits per heavy atom. The summed E-state index contributed by atoms with van der Waals surface area (Å²) in [6.45, 7) is 0. The van der Waals surface area contributed by atoms with Gasteiger partial charge < -0.3 is 4.90 Å². The molecule has 128 valence electrons. The molecule has 3 rings (SSSR count). The van der Waals surface area contributed by atoms with E-state index in [4.69, 9.17) is 0 Å². The van der Waals surface area contributed by atoms with E-state index in [1.54, 1.807) is 30.5 Å². The summed E-state index contributed by atoms with van der Waals surface area (Å²) >= 11 is 0. The van der Waals surface area contributed by atoms with Crippen molar-refractivity contribution in [2.24, 2.45) is 0 Å². The van der Waals surface area contributed by atoms with Gasteiger partial charge in [-0.3, -0.25) is 0 Å². The summed E-state index contributed by atoms with van der Waals surface area (Å²) in [5, 5.41) is 0. The second-order valence-electron chi connectivity index (χ2n) is 6.00. The first-order valence-electron chi connectivity index (χ1n) is 7.76. The maximum Gasteiger partial charge on any atom is 0.175 e. The molecule has 0 aliphatic rings. The Bertz CT molecular complexity index is 980. The van der Waals surface area contributed by atoms with Crippen molar-refractivity contribution in [3.63, 3.8) is 0 Å². The quantitative estimate of drug-likeness (QED) is 0.720. The zero-order valence-electron chi connectivity index (χ0n) is 14.3. The van der Waals surface area contributed by atoms with Crippen molar-refractivity contribution in [1.29, 1.82) is 0 Å². The standard InChI is InChI=1S/C19H19N3O2S/c1-22(2)16-8-4-14(5-9-16)18-12-13-20-19(21-18)15-6-10-17(11-7-15)25(3,23)24/h4-13H,1-3H3. The van der Waals surface area contributed by atoms with Crippen LogP contribution in [0.25, 0.3) is 22.6 Å². The van der Waals surface area contributed by atoms with Crippen molar-refractivity contribution in [3.8, 4) is 22.6 Å². The second kappa shape index (κ2) is 6.64. The molecule has 0 fully saturated rings. The summed E-state index contributed by atoms with van der Waals surface area (Å²) in [7, 11) is 0.787. The maximum absolute atomic E-state index is 11.6. The minimum Gasteiger partial charge on any atom is -0.378 e. The molecule has 0 atom stereocenters. The molecule has 0 aliphatic heterocycles. The Hall–Kier alpha value is -2.73. The van der Waals surface area contributed by atoms with Crippen molar-refractivity contribution in [2.45, 2.75) is 4.90 Å². The van der Waals surface area contributed by atoms with Crippen molar-refractivity contribution in [1.82, 2.24) is 9.97 Å². The molecule has 0 spiro atoms. The molecule has 25 heavy (non-hydrogen) atoms. The molecule has 1 aromatic heterocycles. The van der Waals surface area contributed by atoms with Crippen LogP contribution in [-0.4, -0.2) is 38.7 Å². The summed E-state index contributed by atoms with van der Waals surface area (Å²) < 4.78 is 23.1. The van der Waals surface area contributed by atoms with Crippen molar-refractivity contribution >= 4 is 15.5 Å². The average molecular weight is 353 g/mol. The summed E-state index contributed by atoms with van der Waals surface area (Å²) in [5.74, 6) is 0.564. The Morgan fingerprint density at radius 1 is 0.840 bits per heavy atom. The Labute approximate surface area is 147 Å². The molecule has 0 unspecified atom stereocenters. The largest absolute Gasteiger partial charge is 0.378 e. The van der Waals surface area contributed by atoms with E-state index >= 15 is 0 Å². The fourth-order valence-electron chi connectivity index (χ4n) is 2.44. The minimum absolute atomic E-state index is 0.284. The molecule has 3 aromatic rings. The first kappa shape index (κ1) is 17.1. The molecule has 0 amide bonds. The normalized spacial score (nSPS) is 11.3. The van der Waals surface area contributed by atoms with Gasteiger partial charge in [-0.05, 0) is 42.5 Å². The monoisotopic (exact) mass is 353 g/mol. The predicted molar refractivity (Wildman–Crippen MR) is 100 cm³/mol. The molecule has 0 aliphatic carbocycles. The van der Waals surface area contributed by atoms with Crippen LogP contribution >= 0.6 is 0 Å². The summed E-state index contributed by atoms with van der Waals surface area (Å²) in [5.41, 5.74) is 3.72. The van der Waals surface area contributed by atoms with E-state index in [1.807, 2.05) is 49.3 Å². The Kier molecular flexibility index (Phi) is 4.55. The molecule has 0 radical (unpaired) electrons. The van der Waals surface area contributed by atoms with Gasteiger partial charge in [0.15, 0.2) is 15.7 Å². The number of aromatic nitrogens is 2. The zero-order valence-corrected chi connectivity index (χ0v) is 15.2. The van der Waals surface area contributed by atoms with Crippen molar-refractivity contribution in [3.05, 3.63) is 60.8 Å². The molecule has 2 aromatic carbocycles. The molecule has 6 heteroatoms. The van der Waals surface area contributed by atoms with Gasteiger partial charge in [-0.15, -0.1) is 0 Å². The number of benzene rings is 2. The van der Waals surface area contributed by atoms with Crippen LogP contribution in [0.1, 0.15) is 0 Å². The lowest BCUT2D eigenvalue weighted by molar-refractivity contribution is 0.602. The van der Waals surface area contributed by atoms with Crippen LogP contribution in [0.2, 0.25) is 0 Å². The first-order valence-corrected chi connectivity index (χ1v) is 9.65. The third-order valence-electron chi connectivity index (χ3n) is 3.88. The highest BCUT2D eigenvalue weighted by Crippen LogP contribution is 2.24. The highest BCUT2D eigenvalue weighted by Gasteiger charge is 2.09. The van der Waals surface area contributed by atoms with Gasteiger partial charge in [-0.1, -0.05) is 12.1 Å². The van der Waals surface area contributed by atoms with Gasteiger partial charge in [-0.25, -0.2) is 18.4 Å². The van der Waals surface area contributed by atoms with Gasteiger partial charge >= 0.3 is 0 Å². The van der Waals surface area contributed by atoms with Crippen LogP contribution in [0.15, 0.2) is 65.7 Å². The molecule has 0 saturated heterocycles. The third-order valence-corrected chi connectivity index (χ3v) is 5.00. The smallest absolute Gasteiger partial charge is 0.175 e. The molecule has 0 saturated carbocycles. The summed E-state index contributed by atoms with van der Waals surface area (Å²) in [6, 6.07) is 16.6. The van der Waals surface area contributed by atoms with Crippen LogP contribution < -0.4 is 4.90 Å². The second-order valence-corrected chi connectivity index (χ2v) is 8.02. The first-order chi connectivity index (χ1) is 11.8. The number of hydrogen-bond acceptors (Lipinski definition) is 5. The van der Waals surface area contributed by atoms with Gasteiger partial charge in [0, 0.05) is 43.4 Å². The lowest BCUT2D eigenvalue weighted by atomic mass is 10.1. The van der Waals surface area contributed by atoms with Crippen LogP contribution in [0.5, 0.6) is 0 Å². The van der Waals surface area contributed by atoms with E-state index in [0.29, 0.717) is 5.82 Å². The molecular formula is C19H19N3O2S. The number of anilines is 1. The molecule has 5 nitrogen and oxygen atoms in total. The molecule has 1 heterocycles. The van der Waals surface area contributed by atoms with Crippen LogP contribution in [0.4, 0.5) is 5.69 Å². The molecule has 0 N–H and O–H groups in total. The predicted octanol–water partition coefficient (Wildman–Crippen LogP) is 3.28. The fraction of sp³-hybridized carbons (Fsp3) is 0.158. The third kappa shape index (κ3) is 3.85. The topological polar surface area (TPSA) is 63.2 Å². The van der Waals surface area contributed by atoms with Gasteiger partial charge in [0.25, 0.3) is 0 Å². The summed E-state index contributed by atoms with van der Waals surface area (Å²) in [6.07, 6.45) is 2.90. The van der Waals surface area contributed by atoms with Gasteiger partial charge in [0.1, 0.15) is 0 Å². The van der Waals surface area contributed by atoms with Gasteiger partial charge in [0.2, 0.25) is 0 Å². The van der Waals surface area contributed by atoms with E-state index in [9.17, 15) is 8.42 Å². The van der Waals surface area contributed by atoms with E-state index in [0.717, 1.165) is 22.5 Å². The highest BCUT2D eigenvalue weighted by molar-refractivity contribution is 7.90. The highest BCUT2D eigenvalue weighted by atomic mass is 32.2. The van der Waals surface area contributed by atoms with Gasteiger partial charge in [0.05, 0.1) is 10.6 Å². The SMILES string of the molecule is CN(C)c1ccc(-c2ccnc(-c3ccc(S(C)(=O)=O)cc3)n2)cc1. The number of sulfone groups is 1. The van der Waals surface area contributed by atoms with Crippen LogP contribution in [-0.2, 0) is 9.84 Å². The maximum atomic E-state index is 11.6.